The van der Waals surface area contributed by atoms with Crippen LogP contribution < -0.4 is 0 Å². The van der Waals surface area contributed by atoms with E-state index in [1.807, 2.05) is 36.4 Å². The molecular formula is C17H10N4O. The minimum absolute atomic E-state index is 0.236. The van der Waals surface area contributed by atoms with Crippen LogP contribution in [0, 0.1) is 0 Å². The number of hydrogen-bond donors (Lipinski definition) is 0. The van der Waals surface area contributed by atoms with E-state index in [0.29, 0.717) is 22.7 Å². The number of ketones is 1. The molecule has 0 aromatic carbocycles. The van der Waals surface area contributed by atoms with Gasteiger partial charge in [-0.1, -0.05) is 0 Å². The maximum Gasteiger partial charge on any atom is 0.229 e. The standard InChI is InChI=1S/C17H10N4O/c22-15(13-7-5-11-3-1-9-18-16(11)20-13)14-8-6-12-4-2-10-19-17(12)21-14/h1-10H. The van der Waals surface area contributed by atoms with E-state index in [4.69, 9.17) is 0 Å². The lowest BCUT2D eigenvalue weighted by Gasteiger charge is -2.03. The van der Waals surface area contributed by atoms with Crippen LogP contribution in [-0.2, 0) is 0 Å². The van der Waals surface area contributed by atoms with E-state index in [2.05, 4.69) is 19.9 Å². The van der Waals surface area contributed by atoms with Crippen LogP contribution in [0.1, 0.15) is 16.2 Å². The van der Waals surface area contributed by atoms with E-state index < -0.39 is 0 Å². The summed E-state index contributed by atoms with van der Waals surface area (Å²) in [5.41, 5.74) is 1.75. The lowest BCUT2D eigenvalue weighted by atomic mass is 10.1. The van der Waals surface area contributed by atoms with Crippen LogP contribution in [0.15, 0.2) is 60.9 Å². The van der Waals surface area contributed by atoms with Gasteiger partial charge in [-0.2, -0.15) is 0 Å². The molecule has 0 bridgehead atoms. The quantitative estimate of drug-likeness (QED) is 0.530. The van der Waals surface area contributed by atoms with Crippen LogP contribution >= 0.6 is 0 Å². The molecule has 5 nitrogen and oxygen atoms in total. The van der Waals surface area contributed by atoms with Gasteiger partial charge < -0.3 is 0 Å². The molecule has 4 aromatic rings. The molecule has 0 spiro atoms. The normalized spacial score (nSPS) is 10.9. The zero-order chi connectivity index (χ0) is 14.9. The van der Waals surface area contributed by atoms with Crippen molar-refractivity contribution in [3.8, 4) is 0 Å². The summed E-state index contributed by atoms with van der Waals surface area (Å²) in [5.74, 6) is -0.236. The van der Waals surface area contributed by atoms with Crippen molar-refractivity contribution in [3.63, 3.8) is 0 Å². The third-order valence-electron chi connectivity index (χ3n) is 3.39. The number of carbonyl (C=O) groups is 1. The van der Waals surface area contributed by atoms with Gasteiger partial charge in [-0.15, -0.1) is 0 Å². The van der Waals surface area contributed by atoms with E-state index in [9.17, 15) is 4.79 Å². The van der Waals surface area contributed by atoms with Crippen molar-refractivity contribution in [1.82, 2.24) is 19.9 Å². The first kappa shape index (κ1) is 12.5. The maximum absolute atomic E-state index is 12.6. The van der Waals surface area contributed by atoms with Crippen molar-refractivity contribution >= 4 is 27.9 Å². The Morgan fingerprint density at radius 2 is 1.18 bits per heavy atom. The molecule has 0 amide bonds. The lowest BCUT2D eigenvalue weighted by Crippen LogP contribution is -2.07. The highest BCUT2D eigenvalue weighted by Gasteiger charge is 2.13. The van der Waals surface area contributed by atoms with Crippen LogP contribution in [0.5, 0.6) is 0 Å². The topological polar surface area (TPSA) is 68.6 Å². The summed E-state index contributed by atoms with van der Waals surface area (Å²) in [6.45, 7) is 0. The Bertz CT molecular complexity index is 932. The monoisotopic (exact) mass is 286 g/mol. The molecule has 104 valence electrons. The van der Waals surface area contributed by atoms with Crippen molar-refractivity contribution in [1.29, 1.82) is 0 Å². The number of rotatable bonds is 2. The minimum atomic E-state index is -0.236. The Morgan fingerprint density at radius 1 is 0.682 bits per heavy atom. The molecule has 0 aliphatic carbocycles. The molecule has 4 rings (SSSR count). The highest BCUT2D eigenvalue weighted by atomic mass is 16.1. The highest BCUT2D eigenvalue weighted by Crippen LogP contribution is 2.14. The predicted octanol–water partition coefficient (Wildman–Crippen LogP) is 2.80. The number of aromatic nitrogens is 4. The SMILES string of the molecule is O=C(c1ccc2cccnc2n1)c1ccc2cccnc2n1. The molecule has 4 heterocycles. The number of hydrogen-bond acceptors (Lipinski definition) is 5. The van der Waals surface area contributed by atoms with Gasteiger partial charge in [-0.25, -0.2) is 19.9 Å². The zero-order valence-corrected chi connectivity index (χ0v) is 11.5. The largest absolute Gasteiger partial charge is 0.285 e. The predicted molar refractivity (Wildman–Crippen MR) is 82.5 cm³/mol. The summed E-state index contributed by atoms with van der Waals surface area (Å²) in [4.78, 5) is 29.5. The van der Waals surface area contributed by atoms with Crippen LogP contribution in [0.3, 0.4) is 0 Å². The fraction of sp³-hybridized carbons (Fsp3) is 0. The molecule has 0 radical (unpaired) electrons. The fourth-order valence-corrected chi connectivity index (χ4v) is 2.29. The first-order chi connectivity index (χ1) is 10.8. The van der Waals surface area contributed by atoms with Gasteiger partial charge in [0.1, 0.15) is 11.4 Å². The maximum atomic E-state index is 12.6. The molecule has 0 fully saturated rings. The van der Waals surface area contributed by atoms with Crippen molar-refractivity contribution in [2.45, 2.75) is 0 Å². The van der Waals surface area contributed by atoms with Gasteiger partial charge in [-0.3, -0.25) is 4.79 Å². The molecule has 5 heteroatoms. The summed E-state index contributed by atoms with van der Waals surface area (Å²) >= 11 is 0. The van der Waals surface area contributed by atoms with E-state index >= 15 is 0 Å². The average Bonchev–Trinajstić information content (AvgIpc) is 2.60. The van der Waals surface area contributed by atoms with Gasteiger partial charge in [0.05, 0.1) is 0 Å². The fourth-order valence-electron chi connectivity index (χ4n) is 2.29. The van der Waals surface area contributed by atoms with E-state index in [-0.39, 0.29) is 5.78 Å². The van der Waals surface area contributed by atoms with Gasteiger partial charge >= 0.3 is 0 Å². The van der Waals surface area contributed by atoms with E-state index in [1.54, 1.807) is 24.5 Å². The summed E-state index contributed by atoms with van der Waals surface area (Å²) in [7, 11) is 0. The molecular weight excluding hydrogens is 276 g/mol. The minimum Gasteiger partial charge on any atom is -0.285 e. The molecule has 0 saturated heterocycles. The number of pyridine rings is 4. The van der Waals surface area contributed by atoms with Crippen LogP contribution in [0.25, 0.3) is 22.1 Å². The Hall–Kier alpha value is -3.21. The molecule has 0 N–H and O–H groups in total. The van der Waals surface area contributed by atoms with Gasteiger partial charge in [0, 0.05) is 23.2 Å². The first-order valence-corrected chi connectivity index (χ1v) is 6.79. The summed E-state index contributed by atoms with van der Waals surface area (Å²) < 4.78 is 0. The van der Waals surface area contributed by atoms with Gasteiger partial charge in [0.15, 0.2) is 11.3 Å². The second kappa shape index (κ2) is 4.96. The molecule has 0 aliphatic rings. The summed E-state index contributed by atoms with van der Waals surface area (Å²) in [6.07, 6.45) is 3.31. The molecule has 0 atom stereocenters. The lowest BCUT2D eigenvalue weighted by molar-refractivity contribution is 0.103. The van der Waals surface area contributed by atoms with Gasteiger partial charge in [-0.05, 0) is 48.5 Å². The molecule has 0 unspecified atom stereocenters. The van der Waals surface area contributed by atoms with Gasteiger partial charge in [0.2, 0.25) is 5.78 Å². The summed E-state index contributed by atoms with van der Waals surface area (Å²) in [6, 6.07) is 14.5. The average molecular weight is 286 g/mol. The van der Waals surface area contributed by atoms with E-state index in [1.165, 1.54) is 0 Å². The molecule has 22 heavy (non-hydrogen) atoms. The van der Waals surface area contributed by atoms with E-state index in [0.717, 1.165) is 10.8 Å². The third kappa shape index (κ3) is 2.09. The van der Waals surface area contributed by atoms with Crippen LogP contribution in [-0.4, -0.2) is 25.7 Å². The summed E-state index contributed by atoms with van der Waals surface area (Å²) in [5, 5.41) is 1.79. The number of carbonyl (C=O) groups excluding carboxylic acids is 1. The second-order valence-electron chi connectivity index (χ2n) is 4.82. The van der Waals surface area contributed by atoms with Crippen molar-refractivity contribution in [3.05, 3.63) is 72.3 Å². The second-order valence-corrected chi connectivity index (χ2v) is 4.82. The van der Waals surface area contributed by atoms with Gasteiger partial charge in [0.25, 0.3) is 0 Å². The highest BCUT2D eigenvalue weighted by molar-refractivity contribution is 6.07. The molecule has 0 aliphatic heterocycles. The Labute approximate surface area is 125 Å². The number of nitrogens with zero attached hydrogens (tertiary/aromatic N) is 4. The van der Waals surface area contributed by atoms with Crippen LogP contribution in [0.2, 0.25) is 0 Å². The first-order valence-electron chi connectivity index (χ1n) is 6.79. The van der Waals surface area contributed by atoms with Crippen molar-refractivity contribution in [2.24, 2.45) is 0 Å². The van der Waals surface area contributed by atoms with Crippen molar-refractivity contribution < 1.29 is 4.79 Å². The van der Waals surface area contributed by atoms with Crippen LogP contribution in [0.4, 0.5) is 0 Å². The Morgan fingerprint density at radius 3 is 1.68 bits per heavy atom. The molecule has 0 saturated carbocycles. The Balaban J connectivity index is 1.80. The molecule has 4 aromatic heterocycles. The Kier molecular flexibility index (Phi) is 2.83. The smallest absolute Gasteiger partial charge is 0.229 e. The third-order valence-corrected chi connectivity index (χ3v) is 3.39. The zero-order valence-electron chi connectivity index (χ0n) is 11.5. The number of fused-ring (bicyclic) bond motifs is 2. The van der Waals surface area contributed by atoms with Crippen molar-refractivity contribution in [2.75, 3.05) is 0 Å².